The summed E-state index contributed by atoms with van der Waals surface area (Å²) in [6, 6.07) is 0. The first-order valence-electron chi connectivity index (χ1n) is 7.81. The Morgan fingerprint density at radius 3 is 2.76 bits per heavy atom. The lowest BCUT2D eigenvalue weighted by molar-refractivity contribution is -0.115. The molecule has 1 aliphatic rings. The second-order valence-corrected chi connectivity index (χ2v) is 7.15. The van der Waals surface area contributed by atoms with Crippen molar-refractivity contribution < 1.29 is 4.79 Å². The summed E-state index contributed by atoms with van der Waals surface area (Å²) in [4.78, 5) is 12.4. The van der Waals surface area contributed by atoms with Gasteiger partial charge in [0.2, 0.25) is 0 Å². The number of rotatable bonds is 5. The van der Waals surface area contributed by atoms with Crippen LogP contribution < -0.4 is 0 Å². The summed E-state index contributed by atoms with van der Waals surface area (Å²) < 4.78 is 0. The average molecular weight is 307 g/mol. The van der Waals surface area contributed by atoms with Gasteiger partial charge in [-0.3, -0.25) is 4.79 Å². The fraction of sp³-hybridized carbons (Fsp3) is 0.632. The molecule has 0 heterocycles. The second-order valence-electron chi connectivity index (χ2n) is 6.77. The Labute approximate surface area is 134 Å². The molecule has 1 rings (SSSR count). The Kier molecular flexibility index (Phi) is 7.26. The molecule has 0 N–H and O–H groups in total. The summed E-state index contributed by atoms with van der Waals surface area (Å²) in [5, 5.41) is 0. The summed E-state index contributed by atoms with van der Waals surface area (Å²) in [6.45, 7) is 10.4. The molecule has 116 valence electrons. The second kappa shape index (κ2) is 8.44. The SMILES string of the molecule is C=CCC(=O)C1=C(C#CCCCCl)CCC(C(C)(C)C)C1. The fourth-order valence-corrected chi connectivity index (χ4v) is 2.81. The predicted octanol–water partition coefficient (Wildman–Crippen LogP) is 5.30. The van der Waals surface area contributed by atoms with Crippen molar-refractivity contribution in [2.45, 2.75) is 59.3 Å². The zero-order valence-electron chi connectivity index (χ0n) is 13.6. The number of hydrogen-bond acceptors (Lipinski definition) is 1. The first-order valence-corrected chi connectivity index (χ1v) is 8.34. The van der Waals surface area contributed by atoms with Crippen molar-refractivity contribution in [2.24, 2.45) is 11.3 Å². The summed E-state index contributed by atoms with van der Waals surface area (Å²) in [7, 11) is 0. The van der Waals surface area contributed by atoms with E-state index in [1.807, 2.05) is 0 Å². The molecule has 1 aliphatic carbocycles. The molecular weight excluding hydrogens is 280 g/mol. The van der Waals surface area contributed by atoms with E-state index in [4.69, 9.17) is 11.6 Å². The molecule has 0 radical (unpaired) electrons. The number of hydrogen-bond donors (Lipinski definition) is 0. The molecule has 0 bridgehead atoms. The van der Waals surface area contributed by atoms with E-state index in [2.05, 4.69) is 39.2 Å². The molecule has 0 saturated heterocycles. The van der Waals surface area contributed by atoms with Gasteiger partial charge in [-0.05, 0) is 37.0 Å². The maximum Gasteiger partial charge on any atom is 0.163 e. The Morgan fingerprint density at radius 2 is 2.19 bits per heavy atom. The minimum absolute atomic E-state index is 0.195. The van der Waals surface area contributed by atoms with Crippen LogP contribution in [0.25, 0.3) is 0 Å². The van der Waals surface area contributed by atoms with Crippen LogP contribution in [0, 0.1) is 23.2 Å². The minimum atomic E-state index is 0.195. The lowest BCUT2D eigenvalue weighted by Crippen LogP contribution is -2.26. The van der Waals surface area contributed by atoms with Crippen molar-refractivity contribution in [1.29, 1.82) is 0 Å². The third-order valence-corrected chi connectivity index (χ3v) is 4.39. The number of unbranched alkanes of at least 4 members (excludes halogenated alkanes) is 1. The molecule has 0 spiro atoms. The molecule has 0 amide bonds. The van der Waals surface area contributed by atoms with E-state index < -0.39 is 0 Å². The highest BCUT2D eigenvalue weighted by Crippen LogP contribution is 2.40. The van der Waals surface area contributed by atoms with E-state index >= 15 is 0 Å². The van der Waals surface area contributed by atoms with Gasteiger partial charge in [0, 0.05) is 29.9 Å². The fourth-order valence-electron chi connectivity index (χ4n) is 2.68. The van der Waals surface area contributed by atoms with Crippen molar-refractivity contribution in [3.8, 4) is 11.8 Å². The van der Waals surface area contributed by atoms with Gasteiger partial charge in [0.15, 0.2) is 5.78 Å². The Hall–Kier alpha value is -1.00. The topological polar surface area (TPSA) is 17.1 Å². The zero-order valence-corrected chi connectivity index (χ0v) is 14.4. The number of carbonyl (C=O) groups is 1. The third kappa shape index (κ3) is 5.71. The molecule has 1 unspecified atom stereocenters. The monoisotopic (exact) mass is 306 g/mol. The largest absolute Gasteiger partial charge is 0.294 e. The number of carbonyl (C=O) groups excluding carboxylic acids is 1. The molecule has 0 aromatic heterocycles. The van der Waals surface area contributed by atoms with Crippen molar-refractivity contribution in [1.82, 2.24) is 0 Å². The first kappa shape index (κ1) is 18.1. The normalized spacial score (nSPS) is 19.0. The maximum atomic E-state index is 12.4. The molecule has 2 heteroatoms. The maximum absolute atomic E-state index is 12.4. The predicted molar refractivity (Wildman–Crippen MR) is 91.4 cm³/mol. The van der Waals surface area contributed by atoms with Gasteiger partial charge in [-0.1, -0.05) is 38.7 Å². The standard InChI is InChI=1S/C19H27ClO/c1-5-9-18(21)17-14-16(19(2,3)4)12-11-15(17)10-7-6-8-13-20/h5,16H,1,6,8-9,11-14H2,2-4H3. The van der Waals surface area contributed by atoms with Gasteiger partial charge < -0.3 is 0 Å². The van der Waals surface area contributed by atoms with Crippen LogP contribution in [-0.2, 0) is 4.79 Å². The zero-order chi connectivity index (χ0) is 15.9. The van der Waals surface area contributed by atoms with E-state index in [9.17, 15) is 4.79 Å². The van der Waals surface area contributed by atoms with Crippen molar-refractivity contribution in [3.63, 3.8) is 0 Å². The molecule has 0 saturated carbocycles. The highest BCUT2D eigenvalue weighted by Gasteiger charge is 2.31. The molecule has 0 aromatic carbocycles. The van der Waals surface area contributed by atoms with Crippen LogP contribution in [0.1, 0.15) is 59.3 Å². The smallest absolute Gasteiger partial charge is 0.163 e. The summed E-state index contributed by atoms with van der Waals surface area (Å²) in [5.41, 5.74) is 2.23. The first-order chi connectivity index (χ1) is 9.90. The number of alkyl halides is 1. The van der Waals surface area contributed by atoms with Gasteiger partial charge in [0.05, 0.1) is 0 Å². The van der Waals surface area contributed by atoms with E-state index in [0.29, 0.717) is 18.2 Å². The molecule has 1 atom stereocenters. The third-order valence-electron chi connectivity index (χ3n) is 4.12. The Morgan fingerprint density at radius 1 is 1.48 bits per heavy atom. The van der Waals surface area contributed by atoms with Crippen molar-refractivity contribution >= 4 is 17.4 Å². The quantitative estimate of drug-likeness (QED) is 0.292. The van der Waals surface area contributed by atoms with Crippen molar-refractivity contribution in [2.75, 3.05) is 5.88 Å². The Bertz CT molecular complexity index is 468. The highest BCUT2D eigenvalue weighted by atomic mass is 35.5. The van der Waals surface area contributed by atoms with E-state index in [1.165, 1.54) is 0 Å². The number of ketones is 1. The van der Waals surface area contributed by atoms with Gasteiger partial charge in [0.25, 0.3) is 0 Å². The molecule has 0 aromatic rings. The summed E-state index contributed by atoms with van der Waals surface area (Å²) in [5.74, 6) is 7.79. The summed E-state index contributed by atoms with van der Waals surface area (Å²) in [6.07, 6.45) is 6.71. The Balaban J connectivity index is 2.97. The molecule has 0 fully saturated rings. The van der Waals surface area contributed by atoms with Gasteiger partial charge in [-0.15, -0.1) is 18.2 Å². The van der Waals surface area contributed by atoms with E-state index in [1.54, 1.807) is 6.08 Å². The number of halogens is 1. The highest BCUT2D eigenvalue weighted by molar-refractivity contribution is 6.17. The van der Waals surface area contributed by atoms with Crippen LogP contribution in [-0.4, -0.2) is 11.7 Å². The van der Waals surface area contributed by atoms with Crippen LogP contribution in [0.3, 0.4) is 0 Å². The van der Waals surface area contributed by atoms with Crippen LogP contribution in [0.15, 0.2) is 23.8 Å². The lowest BCUT2D eigenvalue weighted by atomic mass is 9.70. The van der Waals surface area contributed by atoms with Gasteiger partial charge >= 0.3 is 0 Å². The average Bonchev–Trinajstić information content (AvgIpc) is 2.43. The van der Waals surface area contributed by atoms with Crippen molar-refractivity contribution in [3.05, 3.63) is 23.8 Å². The van der Waals surface area contributed by atoms with Gasteiger partial charge in [-0.25, -0.2) is 0 Å². The lowest BCUT2D eigenvalue weighted by Gasteiger charge is -2.34. The van der Waals surface area contributed by atoms with Crippen LogP contribution >= 0.6 is 11.6 Å². The van der Waals surface area contributed by atoms with E-state index in [-0.39, 0.29) is 11.2 Å². The van der Waals surface area contributed by atoms with E-state index in [0.717, 1.165) is 43.3 Å². The molecular formula is C19H27ClO. The molecule has 1 nitrogen and oxygen atoms in total. The molecule has 0 aliphatic heterocycles. The van der Waals surface area contributed by atoms with Crippen LogP contribution in [0.2, 0.25) is 0 Å². The number of Topliss-reactive ketones (excluding diaryl/α,β-unsaturated/α-hetero) is 1. The van der Waals surface area contributed by atoms with Crippen LogP contribution in [0.4, 0.5) is 0 Å². The van der Waals surface area contributed by atoms with Gasteiger partial charge in [-0.2, -0.15) is 0 Å². The summed E-state index contributed by atoms with van der Waals surface area (Å²) >= 11 is 5.67. The molecule has 21 heavy (non-hydrogen) atoms. The number of allylic oxidation sites excluding steroid dienone is 3. The van der Waals surface area contributed by atoms with Crippen LogP contribution in [0.5, 0.6) is 0 Å². The van der Waals surface area contributed by atoms with Gasteiger partial charge in [0.1, 0.15) is 0 Å². The minimum Gasteiger partial charge on any atom is -0.294 e.